The smallest absolute Gasteiger partial charge is 0.0673 e. The summed E-state index contributed by atoms with van der Waals surface area (Å²) in [5.74, 6) is 0. The van der Waals surface area contributed by atoms with Gasteiger partial charge in [0.1, 0.15) is 0 Å². The fourth-order valence-electron chi connectivity index (χ4n) is 2.35. The highest BCUT2D eigenvalue weighted by molar-refractivity contribution is 4.66. The van der Waals surface area contributed by atoms with E-state index in [9.17, 15) is 0 Å². The number of hydrogen-bond donors (Lipinski definition) is 1. The van der Waals surface area contributed by atoms with Gasteiger partial charge in [-0.25, -0.2) is 0 Å². The van der Waals surface area contributed by atoms with Crippen molar-refractivity contribution in [2.45, 2.75) is 52.1 Å². The van der Waals surface area contributed by atoms with Crippen LogP contribution in [-0.4, -0.2) is 50.3 Å². The Morgan fingerprint density at radius 2 is 2.12 bits per heavy atom. The summed E-state index contributed by atoms with van der Waals surface area (Å²) < 4.78 is 5.65. The predicted octanol–water partition coefficient (Wildman–Crippen LogP) is 2.27. The molecule has 0 aliphatic carbocycles. The van der Waals surface area contributed by atoms with Gasteiger partial charge in [0.15, 0.2) is 0 Å². The molecule has 0 amide bonds. The zero-order valence-corrected chi connectivity index (χ0v) is 11.7. The molecule has 0 aromatic carbocycles. The minimum Gasteiger partial charge on any atom is -0.377 e. The molecule has 1 aliphatic rings. The Morgan fingerprint density at radius 3 is 2.94 bits per heavy atom. The minimum atomic E-state index is 0.420. The summed E-state index contributed by atoms with van der Waals surface area (Å²) in [4.78, 5) is 2.57. The Balaban J connectivity index is 1.94. The second kappa shape index (κ2) is 9.86. The fraction of sp³-hybridized carbons (Fsp3) is 1.00. The number of nitrogens with zero attached hydrogens (tertiary/aromatic N) is 1. The van der Waals surface area contributed by atoms with E-state index in [4.69, 9.17) is 4.74 Å². The lowest BCUT2D eigenvalue weighted by atomic mass is 10.2. The summed E-state index contributed by atoms with van der Waals surface area (Å²) in [6.45, 7) is 11.3. The average molecular weight is 242 g/mol. The maximum absolute atomic E-state index is 5.65. The van der Waals surface area contributed by atoms with Gasteiger partial charge in [-0.2, -0.15) is 0 Å². The largest absolute Gasteiger partial charge is 0.377 e. The Labute approximate surface area is 107 Å². The molecule has 0 saturated carbocycles. The van der Waals surface area contributed by atoms with E-state index >= 15 is 0 Å². The normalized spacial score (nSPS) is 22.6. The van der Waals surface area contributed by atoms with Crippen molar-refractivity contribution in [3.8, 4) is 0 Å². The van der Waals surface area contributed by atoms with Crippen LogP contribution in [-0.2, 0) is 4.74 Å². The zero-order chi connectivity index (χ0) is 12.3. The van der Waals surface area contributed by atoms with E-state index in [0.717, 1.165) is 13.2 Å². The topological polar surface area (TPSA) is 24.5 Å². The molecule has 3 heteroatoms. The monoisotopic (exact) mass is 242 g/mol. The van der Waals surface area contributed by atoms with E-state index in [1.165, 1.54) is 58.3 Å². The summed E-state index contributed by atoms with van der Waals surface area (Å²) in [6, 6.07) is 0. The van der Waals surface area contributed by atoms with Crippen LogP contribution in [0.1, 0.15) is 46.0 Å². The standard InChI is InChI=1S/C14H30N2O/c1-3-8-15-9-5-4-6-10-16-11-7-12-17-14(2)13-16/h14-15H,3-13H2,1-2H3. The number of unbranched alkanes of at least 4 members (excludes halogenated alkanes) is 2. The fourth-order valence-corrected chi connectivity index (χ4v) is 2.35. The van der Waals surface area contributed by atoms with E-state index in [0.29, 0.717) is 6.10 Å². The lowest BCUT2D eigenvalue weighted by Crippen LogP contribution is -2.31. The molecule has 1 N–H and O–H groups in total. The van der Waals surface area contributed by atoms with Gasteiger partial charge < -0.3 is 15.0 Å². The second-order valence-electron chi connectivity index (χ2n) is 5.15. The van der Waals surface area contributed by atoms with Crippen molar-refractivity contribution in [3.63, 3.8) is 0 Å². The van der Waals surface area contributed by atoms with Crippen LogP contribution in [0, 0.1) is 0 Å². The van der Waals surface area contributed by atoms with Gasteiger partial charge in [-0.15, -0.1) is 0 Å². The van der Waals surface area contributed by atoms with E-state index in [-0.39, 0.29) is 0 Å². The zero-order valence-electron chi connectivity index (χ0n) is 11.7. The SMILES string of the molecule is CCCNCCCCCN1CCCOC(C)C1. The van der Waals surface area contributed by atoms with Gasteiger partial charge in [0.05, 0.1) is 6.10 Å². The van der Waals surface area contributed by atoms with Crippen molar-refractivity contribution in [2.24, 2.45) is 0 Å². The first kappa shape index (κ1) is 14.9. The molecule has 1 unspecified atom stereocenters. The average Bonchev–Trinajstić information content (AvgIpc) is 2.52. The molecule has 1 rings (SSSR count). The number of rotatable bonds is 8. The maximum atomic E-state index is 5.65. The third kappa shape index (κ3) is 7.74. The first-order valence-electron chi connectivity index (χ1n) is 7.37. The van der Waals surface area contributed by atoms with Gasteiger partial charge in [-0.05, 0) is 52.2 Å². The van der Waals surface area contributed by atoms with Crippen LogP contribution in [0.3, 0.4) is 0 Å². The highest BCUT2D eigenvalue weighted by atomic mass is 16.5. The summed E-state index contributed by atoms with van der Waals surface area (Å²) in [6.07, 6.45) is 6.86. The predicted molar refractivity (Wildman–Crippen MR) is 73.5 cm³/mol. The lowest BCUT2D eigenvalue weighted by Gasteiger charge is -2.21. The van der Waals surface area contributed by atoms with Gasteiger partial charge in [-0.3, -0.25) is 0 Å². The molecule has 1 saturated heterocycles. The van der Waals surface area contributed by atoms with Gasteiger partial charge in [-0.1, -0.05) is 13.3 Å². The van der Waals surface area contributed by atoms with Gasteiger partial charge >= 0.3 is 0 Å². The van der Waals surface area contributed by atoms with E-state index < -0.39 is 0 Å². The molecule has 0 radical (unpaired) electrons. The molecular formula is C14H30N2O. The number of nitrogens with one attached hydrogen (secondary N) is 1. The number of ether oxygens (including phenoxy) is 1. The molecule has 0 aromatic heterocycles. The molecule has 0 bridgehead atoms. The molecular weight excluding hydrogens is 212 g/mol. The van der Waals surface area contributed by atoms with Gasteiger partial charge in [0.2, 0.25) is 0 Å². The third-order valence-electron chi connectivity index (χ3n) is 3.29. The summed E-state index contributed by atoms with van der Waals surface area (Å²) in [5, 5.41) is 3.46. The van der Waals surface area contributed by atoms with Crippen molar-refractivity contribution in [1.29, 1.82) is 0 Å². The van der Waals surface area contributed by atoms with Crippen LogP contribution >= 0.6 is 0 Å². The second-order valence-corrected chi connectivity index (χ2v) is 5.15. The maximum Gasteiger partial charge on any atom is 0.0673 e. The Hall–Kier alpha value is -0.120. The summed E-state index contributed by atoms with van der Waals surface area (Å²) in [7, 11) is 0. The first-order chi connectivity index (χ1) is 8.33. The van der Waals surface area contributed by atoms with Gasteiger partial charge in [0.25, 0.3) is 0 Å². The summed E-state index contributed by atoms with van der Waals surface area (Å²) in [5.41, 5.74) is 0. The minimum absolute atomic E-state index is 0.420. The quantitative estimate of drug-likeness (QED) is 0.661. The van der Waals surface area contributed by atoms with Crippen LogP contribution in [0.2, 0.25) is 0 Å². The highest BCUT2D eigenvalue weighted by Gasteiger charge is 2.13. The van der Waals surface area contributed by atoms with E-state index in [1.807, 2.05) is 0 Å². The molecule has 102 valence electrons. The Bertz CT molecular complexity index is 176. The molecule has 1 heterocycles. The van der Waals surface area contributed by atoms with Crippen molar-refractivity contribution in [3.05, 3.63) is 0 Å². The van der Waals surface area contributed by atoms with Crippen LogP contribution in [0.15, 0.2) is 0 Å². The molecule has 0 aromatic rings. The molecule has 0 spiro atoms. The highest BCUT2D eigenvalue weighted by Crippen LogP contribution is 2.07. The summed E-state index contributed by atoms with van der Waals surface area (Å²) >= 11 is 0. The number of hydrogen-bond acceptors (Lipinski definition) is 3. The van der Waals surface area contributed by atoms with Crippen molar-refractivity contribution < 1.29 is 4.74 Å². The lowest BCUT2D eigenvalue weighted by molar-refractivity contribution is 0.0675. The van der Waals surface area contributed by atoms with Crippen molar-refractivity contribution in [2.75, 3.05) is 39.3 Å². The van der Waals surface area contributed by atoms with Crippen molar-refractivity contribution >= 4 is 0 Å². The van der Waals surface area contributed by atoms with Crippen molar-refractivity contribution in [1.82, 2.24) is 10.2 Å². The van der Waals surface area contributed by atoms with Crippen LogP contribution in [0.5, 0.6) is 0 Å². The van der Waals surface area contributed by atoms with Crippen LogP contribution in [0.25, 0.3) is 0 Å². The van der Waals surface area contributed by atoms with E-state index in [2.05, 4.69) is 24.1 Å². The van der Waals surface area contributed by atoms with E-state index in [1.54, 1.807) is 0 Å². The third-order valence-corrected chi connectivity index (χ3v) is 3.29. The Morgan fingerprint density at radius 1 is 1.24 bits per heavy atom. The Kier molecular flexibility index (Phi) is 8.67. The van der Waals surface area contributed by atoms with Crippen LogP contribution in [0.4, 0.5) is 0 Å². The molecule has 1 fully saturated rings. The van der Waals surface area contributed by atoms with Gasteiger partial charge in [0, 0.05) is 19.7 Å². The molecule has 3 nitrogen and oxygen atoms in total. The molecule has 17 heavy (non-hydrogen) atoms. The molecule has 1 aliphatic heterocycles. The molecule has 1 atom stereocenters. The van der Waals surface area contributed by atoms with Crippen LogP contribution < -0.4 is 5.32 Å². The first-order valence-corrected chi connectivity index (χ1v) is 7.37.